The summed E-state index contributed by atoms with van der Waals surface area (Å²) in [5.74, 6) is 0.292. The van der Waals surface area contributed by atoms with E-state index < -0.39 is 10.0 Å². The Kier molecular flexibility index (Phi) is 4.78. The van der Waals surface area contributed by atoms with Crippen molar-refractivity contribution in [2.24, 2.45) is 0 Å². The molecule has 0 fully saturated rings. The maximum Gasteiger partial charge on any atom is 0.240 e. The number of hydrogen-bond donors (Lipinski definition) is 2. The van der Waals surface area contributed by atoms with Crippen LogP contribution in [0, 0.1) is 12.7 Å². The van der Waals surface area contributed by atoms with Crippen LogP contribution in [0.3, 0.4) is 0 Å². The number of halogens is 1. The maximum atomic E-state index is 13.4. The number of fused-ring (bicyclic) bond motifs is 1. The van der Waals surface area contributed by atoms with Crippen LogP contribution in [-0.4, -0.2) is 27.1 Å². The number of aromatic nitrogens is 1. The Labute approximate surface area is 145 Å². The average Bonchev–Trinajstić information content (AvgIpc) is 2.96. The maximum absolute atomic E-state index is 13.4. The third-order valence-corrected chi connectivity index (χ3v) is 5.71. The smallest absolute Gasteiger partial charge is 0.240 e. The van der Waals surface area contributed by atoms with Gasteiger partial charge in [-0.1, -0.05) is 0 Å². The highest BCUT2D eigenvalue weighted by atomic mass is 32.2. The Morgan fingerprint density at radius 2 is 2.00 bits per heavy atom. The summed E-state index contributed by atoms with van der Waals surface area (Å²) < 4.78 is 46.0. The van der Waals surface area contributed by atoms with Gasteiger partial charge in [-0.3, -0.25) is 0 Å². The Morgan fingerprint density at radius 1 is 1.20 bits per heavy atom. The summed E-state index contributed by atoms with van der Waals surface area (Å²) >= 11 is 0. The molecule has 3 rings (SSSR count). The van der Waals surface area contributed by atoms with Crippen molar-refractivity contribution < 1.29 is 17.5 Å². The second-order valence-corrected chi connectivity index (χ2v) is 7.52. The highest BCUT2D eigenvalue weighted by Crippen LogP contribution is 2.22. The van der Waals surface area contributed by atoms with Crippen LogP contribution in [-0.2, 0) is 16.4 Å². The molecular formula is C18H19FN2O3S. The molecule has 1 heterocycles. The van der Waals surface area contributed by atoms with Crippen LogP contribution in [0.4, 0.5) is 4.39 Å². The van der Waals surface area contributed by atoms with E-state index in [1.807, 2.05) is 0 Å². The molecule has 0 aliphatic heterocycles. The summed E-state index contributed by atoms with van der Waals surface area (Å²) in [6.45, 7) is 1.94. The standard InChI is InChI=1S/C18H19FN2O3S/c1-12-9-15(24-2)4-6-18(12)25(22,23)21-8-7-13-11-20-17-5-3-14(19)10-16(13)17/h3-6,9-11,20-21H,7-8H2,1-2H3. The molecule has 3 aromatic rings. The second kappa shape index (κ2) is 6.85. The van der Waals surface area contributed by atoms with E-state index in [-0.39, 0.29) is 17.3 Å². The summed E-state index contributed by atoms with van der Waals surface area (Å²) in [4.78, 5) is 3.28. The van der Waals surface area contributed by atoms with E-state index in [1.54, 1.807) is 31.3 Å². The molecule has 0 spiro atoms. The zero-order chi connectivity index (χ0) is 18.0. The molecule has 0 saturated heterocycles. The molecule has 0 unspecified atom stereocenters. The lowest BCUT2D eigenvalue weighted by Crippen LogP contribution is -2.26. The van der Waals surface area contributed by atoms with Gasteiger partial charge in [0.1, 0.15) is 11.6 Å². The first kappa shape index (κ1) is 17.4. The fourth-order valence-corrected chi connectivity index (χ4v) is 4.06. The molecule has 7 heteroatoms. The van der Waals surface area contributed by atoms with Crippen LogP contribution in [0.25, 0.3) is 10.9 Å². The van der Waals surface area contributed by atoms with Gasteiger partial charge < -0.3 is 9.72 Å². The van der Waals surface area contributed by atoms with Crippen LogP contribution in [0.1, 0.15) is 11.1 Å². The van der Waals surface area contributed by atoms with E-state index in [0.29, 0.717) is 17.7 Å². The number of rotatable bonds is 6. The first-order chi connectivity index (χ1) is 11.9. The number of hydrogen-bond acceptors (Lipinski definition) is 3. The highest BCUT2D eigenvalue weighted by Gasteiger charge is 2.17. The van der Waals surface area contributed by atoms with E-state index in [1.165, 1.54) is 25.3 Å². The number of nitrogens with one attached hydrogen (secondary N) is 2. The van der Waals surface area contributed by atoms with Gasteiger partial charge in [0.15, 0.2) is 0 Å². The lowest BCUT2D eigenvalue weighted by Gasteiger charge is -2.10. The normalized spacial score (nSPS) is 11.8. The number of aryl methyl sites for hydroxylation is 1. The highest BCUT2D eigenvalue weighted by molar-refractivity contribution is 7.89. The first-order valence-corrected chi connectivity index (χ1v) is 9.29. The Hall–Kier alpha value is -2.38. The fourth-order valence-electron chi connectivity index (χ4n) is 2.81. The molecule has 0 saturated carbocycles. The number of ether oxygens (including phenoxy) is 1. The quantitative estimate of drug-likeness (QED) is 0.708. The number of sulfonamides is 1. The minimum absolute atomic E-state index is 0.220. The van der Waals surface area contributed by atoms with Crippen molar-refractivity contribution >= 4 is 20.9 Å². The number of benzene rings is 2. The second-order valence-electron chi connectivity index (χ2n) is 5.78. The van der Waals surface area contributed by atoms with Gasteiger partial charge in [-0.25, -0.2) is 17.5 Å². The molecule has 2 aromatic carbocycles. The van der Waals surface area contributed by atoms with Crippen LogP contribution in [0.15, 0.2) is 47.5 Å². The van der Waals surface area contributed by atoms with Gasteiger partial charge in [-0.2, -0.15) is 0 Å². The molecule has 0 amide bonds. The number of methoxy groups -OCH3 is 1. The van der Waals surface area contributed by atoms with E-state index in [0.717, 1.165) is 16.5 Å². The lowest BCUT2D eigenvalue weighted by molar-refractivity contribution is 0.414. The molecule has 2 N–H and O–H groups in total. The summed E-state index contributed by atoms with van der Waals surface area (Å²) in [7, 11) is -2.09. The molecule has 25 heavy (non-hydrogen) atoms. The molecular weight excluding hydrogens is 343 g/mol. The number of aromatic amines is 1. The third-order valence-electron chi connectivity index (χ3n) is 4.09. The lowest BCUT2D eigenvalue weighted by atomic mass is 10.1. The van der Waals surface area contributed by atoms with E-state index in [2.05, 4.69) is 9.71 Å². The molecule has 0 radical (unpaired) electrons. The molecule has 1 aromatic heterocycles. The molecule has 0 bridgehead atoms. The van der Waals surface area contributed by atoms with Crippen molar-refractivity contribution in [1.82, 2.24) is 9.71 Å². The minimum Gasteiger partial charge on any atom is -0.497 e. The third kappa shape index (κ3) is 3.67. The van der Waals surface area contributed by atoms with Crippen molar-refractivity contribution in [3.8, 4) is 5.75 Å². The fraction of sp³-hybridized carbons (Fsp3) is 0.222. The summed E-state index contributed by atoms with van der Waals surface area (Å²) in [6, 6.07) is 9.32. The van der Waals surface area contributed by atoms with Crippen LogP contribution < -0.4 is 9.46 Å². The van der Waals surface area contributed by atoms with Crippen molar-refractivity contribution in [1.29, 1.82) is 0 Å². The molecule has 0 aliphatic rings. The summed E-state index contributed by atoms with van der Waals surface area (Å²) in [6.07, 6.45) is 2.23. The monoisotopic (exact) mass is 362 g/mol. The van der Waals surface area contributed by atoms with Crippen LogP contribution in [0.2, 0.25) is 0 Å². The predicted octanol–water partition coefficient (Wildman–Crippen LogP) is 3.15. The zero-order valence-corrected chi connectivity index (χ0v) is 14.8. The minimum atomic E-state index is -3.62. The first-order valence-electron chi connectivity index (χ1n) is 7.80. The van der Waals surface area contributed by atoms with Gasteiger partial charge in [0.05, 0.1) is 12.0 Å². The Balaban J connectivity index is 1.73. The Morgan fingerprint density at radius 3 is 2.72 bits per heavy atom. The van der Waals surface area contributed by atoms with Crippen LogP contribution in [0.5, 0.6) is 5.75 Å². The van der Waals surface area contributed by atoms with Gasteiger partial charge in [0.25, 0.3) is 0 Å². The van der Waals surface area contributed by atoms with Crippen LogP contribution >= 0.6 is 0 Å². The van der Waals surface area contributed by atoms with E-state index >= 15 is 0 Å². The van der Waals surface area contributed by atoms with E-state index in [4.69, 9.17) is 4.74 Å². The van der Waals surface area contributed by atoms with Gasteiger partial charge >= 0.3 is 0 Å². The van der Waals surface area contributed by atoms with Crippen molar-refractivity contribution in [2.75, 3.05) is 13.7 Å². The largest absolute Gasteiger partial charge is 0.497 e. The topological polar surface area (TPSA) is 71.2 Å². The molecule has 0 aliphatic carbocycles. The molecule has 132 valence electrons. The molecule has 0 atom stereocenters. The zero-order valence-electron chi connectivity index (χ0n) is 14.0. The van der Waals surface area contributed by atoms with Gasteiger partial charge in [0, 0.05) is 23.6 Å². The summed E-state index contributed by atoms with van der Waals surface area (Å²) in [5, 5.41) is 0.764. The number of H-pyrrole nitrogens is 1. The predicted molar refractivity (Wildman–Crippen MR) is 94.9 cm³/mol. The Bertz CT molecular complexity index is 1010. The van der Waals surface area contributed by atoms with Gasteiger partial charge in [-0.05, 0) is 60.9 Å². The average molecular weight is 362 g/mol. The van der Waals surface area contributed by atoms with Gasteiger partial charge in [0.2, 0.25) is 10.0 Å². The van der Waals surface area contributed by atoms with Crippen molar-refractivity contribution in [2.45, 2.75) is 18.2 Å². The SMILES string of the molecule is COc1ccc(S(=O)(=O)NCCc2c[nH]c3ccc(F)cc23)c(C)c1. The van der Waals surface area contributed by atoms with Crippen molar-refractivity contribution in [3.05, 3.63) is 59.5 Å². The van der Waals surface area contributed by atoms with E-state index in [9.17, 15) is 12.8 Å². The molecule has 5 nitrogen and oxygen atoms in total. The summed E-state index contributed by atoms with van der Waals surface area (Å²) in [5.41, 5.74) is 2.30. The van der Waals surface area contributed by atoms with Gasteiger partial charge in [-0.15, -0.1) is 0 Å². The van der Waals surface area contributed by atoms with Crippen molar-refractivity contribution in [3.63, 3.8) is 0 Å².